The van der Waals surface area contributed by atoms with Gasteiger partial charge in [0.15, 0.2) is 0 Å². The Bertz CT molecular complexity index is 305. The molecule has 118 valence electrons. The fourth-order valence-electron chi connectivity index (χ4n) is 1.69. The van der Waals surface area contributed by atoms with Gasteiger partial charge < -0.3 is 9.53 Å². The first kappa shape index (κ1) is 19.5. The molecule has 0 aromatic rings. The van der Waals surface area contributed by atoms with E-state index in [0.29, 0.717) is 24.8 Å². The topological polar surface area (TPSA) is 46.6 Å². The molecule has 0 saturated carbocycles. The van der Waals surface area contributed by atoms with Gasteiger partial charge in [0.2, 0.25) is 0 Å². The predicted molar refractivity (Wildman–Crippen MR) is 89.0 cm³/mol. The van der Waals surface area contributed by atoms with E-state index in [1.165, 1.54) is 11.8 Å². The smallest absolute Gasteiger partial charge is 0.411 e. The monoisotopic (exact) mass is 319 g/mol. The third-order valence-electron chi connectivity index (χ3n) is 2.85. The number of carbonyl (C=O) groups is 2. The Labute approximate surface area is 128 Å². The predicted octanol–water partition coefficient (Wildman–Crippen LogP) is 3.70. The van der Waals surface area contributed by atoms with E-state index in [0.717, 1.165) is 12.3 Å². The summed E-state index contributed by atoms with van der Waals surface area (Å²) in [6, 6.07) is 0.559. The Morgan fingerprint density at radius 1 is 1.35 bits per heavy atom. The Hall–Kier alpha value is -0.493. The van der Waals surface area contributed by atoms with Crippen LogP contribution in [-0.2, 0) is 9.53 Å². The highest BCUT2D eigenvalue weighted by atomic mass is 32.2. The molecule has 6 heteroatoms. The normalized spacial score (nSPS) is 13.2. The summed E-state index contributed by atoms with van der Waals surface area (Å²) < 4.78 is 5.35. The molecule has 0 aromatic heterocycles. The third-order valence-corrected chi connectivity index (χ3v) is 5.09. The molecule has 0 bridgehead atoms. The van der Waals surface area contributed by atoms with E-state index >= 15 is 0 Å². The first-order chi connectivity index (χ1) is 9.21. The molecule has 0 aliphatic heterocycles. The molecular weight excluding hydrogens is 290 g/mol. The van der Waals surface area contributed by atoms with E-state index in [1.54, 1.807) is 4.90 Å². The minimum absolute atomic E-state index is 0.365. The number of amides is 1. The van der Waals surface area contributed by atoms with E-state index in [4.69, 9.17) is 4.74 Å². The molecule has 0 fully saturated rings. The summed E-state index contributed by atoms with van der Waals surface area (Å²) in [6.45, 7) is 11.3. The number of ether oxygens (including phenoxy) is 1. The SMILES string of the molecule is CSCN(C(=O)OCC[Si](C)(C)C)[C@H](C=O)CC(C)C. The minimum Gasteiger partial charge on any atom is -0.450 e. The van der Waals surface area contributed by atoms with Crippen LogP contribution in [0.4, 0.5) is 4.79 Å². The Morgan fingerprint density at radius 3 is 2.35 bits per heavy atom. The zero-order valence-electron chi connectivity index (χ0n) is 13.6. The van der Waals surface area contributed by atoms with E-state index < -0.39 is 8.07 Å². The van der Waals surface area contributed by atoms with Crippen molar-refractivity contribution in [2.75, 3.05) is 18.7 Å². The van der Waals surface area contributed by atoms with Gasteiger partial charge in [-0.2, -0.15) is 0 Å². The second-order valence-electron chi connectivity index (χ2n) is 6.65. The van der Waals surface area contributed by atoms with Crippen LogP contribution in [0.15, 0.2) is 0 Å². The van der Waals surface area contributed by atoms with Crippen molar-refractivity contribution in [1.82, 2.24) is 4.90 Å². The van der Waals surface area contributed by atoms with Gasteiger partial charge >= 0.3 is 6.09 Å². The highest BCUT2D eigenvalue weighted by Crippen LogP contribution is 2.15. The number of nitrogens with zero attached hydrogens (tertiary/aromatic N) is 1. The fourth-order valence-corrected chi connectivity index (χ4v) is 2.98. The van der Waals surface area contributed by atoms with Crippen LogP contribution >= 0.6 is 11.8 Å². The first-order valence-corrected chi connectivity index (χ1v) is 12.2. The zero-order valence-corrected chi connectivity index (χ0v) is 15.5. The summed E-state index contributed by atoms with van der Waals surface area (Å²) in [6.07, 6.45) is 3.08. The largest absolute Gasteiger partial charge is 0.450 e. The number of aldehydes is 1. The Morgan fingerprint density at radius 2 is 1.95 bits per heavy atom. The summed E-state index contributed by atoms with van der Waals surface area (Å²) in [5.41, 5.74) is 0. The lowest BCUT2D eigenvalue weighted by Gasteiger charge is -2.28. The van der Waals surface area contributed by atoms with Gasteiger partial charge in [-0.05, 0) is 24.6 Å². The summed E-state index contributed by atoms with van der Waals surface area (Å²) in [5.74, 6) is 0.853. The number of rotatable bonds is 9. The molecule has 0 aromatic carbocycles. The number of hydrogen-bond acceptors (Lipinski definition) is 4. The maximum absolute atomic E-state index is 12.1. The van der Waals surface area contributed by atoms with Gasteiger partial charge in [-0.3, -0.25) is 4.90 Å². The van der Waals surface area contributed by atoms with Crippen LogP contribution < -0.4 is 0 Å². The van der Waals surface area contributed by atoms with Gasteiger partial charge in [0.25, 0.3) is 0 Å². The Kier molecular flexibility index (Phi) is 9.21. The van der Waals surface area contributed by atoms with E-state index in [2.05, 4.69) is 19.6 Å². The van der Waals surface area contributed by atoms with Gasteiger partial charge in [-0.25, -0.2) is 4.79 Å². The number of thioether (sulfide) groups is 1. The molecular formula is C14H29NO3SSi. The quantitative estimate of drug-likeness (QED) is 0.369. The van der Waals surface area contributed by atoms with Crippen LogP contribution in [0.2, 0.25) is 25.7 Å². The second kappa shape index (κ2) is 9.44. The molecule has 0 aliphatic rings. The zero-order chi connectivity index (χ0) is 15.8. The van der Waals surface area contributed by atoms with Crippen molar-refractivity contribution >= 4 is 32.2 Å². The lowest BCUT2D eigenvalue weighted by Crippen LogP contribution is -2.42. The Balaban J connectivity index is 4.55. The molecule has 1 amide bonds. The standard InChI is InChI=1S/C14H29NO3SSi/c1-12(2)9-13(10-16)15(11-19-3)14(17)18-7-8-20(4,5)6/h10,12-13H,7-9,11H2,1-6H3/t13-/m0/s1. The number of carbonyl (C=O) groups excluding carboxylic acids is 2. The molecule has 0 heterocycles. The van der Waals surface area contributed by atoms with Crippen molar-refractivity contribution in [3.8, 4) is 0 Å². The van der Waals surface area contributed by atoms with Crippen molar-refractivity contribution in [3.63, 3.8) is 0 Å². The van der Waals surface area contributed by atoms with Crippen LogP contribution in [0.5, 0.6) is 0 Å². The summed E-state index contributed by atoms with van der Waals surface area (Å²) in [5, 5.41) is 0. The molecule has 0 aliphatic carbocycles. The van der Waals surface area contributed by atoms with Crippen molar-refractivity contribution < 1.29 is 14.3 Å². The molecule has 4 nitrogen and oxygen atoms in total. The van der Waals surface area contributed by atoms with Gasteiger partial charge in [-0.1, -0.05) is 33.5 Å². The number of hydrogen-bond donors (Lipinski definition) is 0. The fraction of sp³-hybridized carbons (Fsp3) is 0.857. The molecule has 0 rings (SSSR count). The molecule has 0 unspecified atom stereocenters. The third kappa shape index (κ3) is 8.63. The lowest BCUT2D eigenvalue weighted by atomic mass is 10.0. The van der Waals surface area contributed by atoms with Crippen LogP contribution in [-0.4, -0.2) is 50.1 Å². The van der Waals surface area contributed by atoms with Crippen LogP contribution in [0.1, 0.15) is 20.3 Å². The molecule has 0 radical (unpaired) electrons. The van der Waals surface area contributed by atoms with E-state index in [1.807, 2.05) is 20.1 Å². The van der Waals surface area contributed by atoms with Crippen LogP contribution in [0, 0.1) is 5.92 Å². The van der Waals surface area contributed by atoms with Crippen molar-refractivity contribution in [1.29, 1.82) is 0 Å². The van der Waals surface area contributed by atoms with Crippen molar-refractivity contribution in [2.45, 2.75) is 52.0 Å². The minimum atomic E-state index is -1.21. The maximum Gasteiger partial charge on any atom is 0.411 e. The van der Waals surface area contributed by atoms with Crippen LogP contribution in [0.3, 0.4) is 0 Å². The van der Waals surface area contributed by atoms with E-state index in [-0.39, 0.29) is 12.1 Å². The average Bonchev–Trinajstić information content (AvgIpc) is 2.31. The van der Waals surface area contributed by atoms with Crippen molar-refractivity contribution in [3.05, 3.63) is 0 Å². The molecule has 0 N–H and O–H groups in total. The van der Waals surface area contributed by atoms with Gasteiger partial charge in [0, 0.05) is 8.07 Å². The molecule has 20 heavy (non-hydrogen) atoms. The van der Waals surface area contributed by atoms with Crippen LogP contribution in [0.25, 0.3) is 0 Å². The highest BCUT2D eigenvalue weighted by Gasteiger charge is 2.25. The highest BCUT2D eigenvalue weighted by molar-refractivity contribution is 7.98. The maximum atomic E-state index is 12.1. The molecule has 0 saturated heterocycles. The lowest BCUT2D eigenvalue weighted by molar-refractivity contribution is -0.112. The van der Waals surface area contributed by atoms with Gasteiger partial charge in [-0.15, -0.1) is 11.8 Å². The second-order valence-corrected chi connectivity index (χ2v) is 13.1. The summed E-state index contributed by atoms with van der Waals surface area (Å²) in [7, 11) is -1.21. The first-order valence-electron chi connectivity index (χ1n) is 7.09. The summed E-state index contributed by atoms with van der Waals surface area (Å²) in [4.78, 5) is 24.9. The summed E-state index contributed by atoms with van der Waals surface area (Å²) >= 11 is 1.52. The van der Waals surface area contributed by atoms with Crippen molar-refractivity contribution in [2.24, 2.45) is 5.92 Å². The molecule has 1 atom stereocenters. The van der Waals surface area contributed by atoms with E-state index in [9.17, 15) is 9.59 Å². The molecule has 0 spiro atoms. The average molecular weight is 320 g/mol. The van der Waals surface area contributed by atoms with Gasteiger partial charge in [0.05, 0.1) is 18.5 Å². The van der Waals surface area contributed by atoms with Gasteiger partial charge in [0.1, 0.15) is 6.29 Å².